The molecule has 1 amide bonds. The van der Waals surface area contributed by atoms with Crippen LogP contribution in [0.5, 0.6) is 0 Å². The minimum absolute atomic E-state index is 0.109. The first kappa shape index (κ1) is 22.6. The molecule has 1 saturated heterocycles. The van der Waals surface area contributed by atoms with Crippen LogP contribution in [0.4, 0.5) is 0 Å². The number of carbonyl (C=O) groups excluding carboxylic acids is 1. The van der Waals surface area contributed by atoms with Gasteiger partial charge in [-0.05, 0) is 50.9 Å². The first-order chi connectivity index (χ1) is 15.2. The van der Waals surface area contributed by atoms with Gasteiger partial charge in [-0.25, -0.2) is 0 Å². The SMILES string of the molecule is O=C(NCCSC1CCCCC1)C1CCN(Cc2nc(-c3ccccc3Cl)no2)CC1. The summed E-state index contributed by atoms with van der Waals surface area (Å²) in [5.41, 5.74) is 0.774. The summed E-state index contributed by atoms with van der Waals surface area (Å²) < 4.78 is 5.42. The van der Waals surface area contributed by atoms with Crippen molar-refractivity contribution in [2.75, 3.05) is 25.4 Å². The molecule has 2 fully saturated rings. The smallest absolute Gasteiger partial charge is 0.241 e. The van der Waals surface area contributed by atoms with Crippen LogP contribution in [-0.2, 0) is 11.3 Å². The monoisotopic (exact) mass is 462 g/mol. The van der Waals surface area contributed by atoms with Crippen LogP contribution in [-0.4, -0.2) is 51.6 Å². The highest BCUT2D eigenvalue weighted by atomic mass is 35.5. The highest BCUT2D eigenvalue weighted by Gasteiger charge is 2.26. The fraction of sp³-hybridized carbons (Fsp3) is 0.609. The minimum Gasteiger partial charge on any atom is -0.355 e. The lowest BCUT2D eigenvalue weighted by Crippen LogP contribution is -2.40. The molecule has 2 aliphatic rings. The van der Waals surface area contributed by atoms with Crippen molar-refractivity contribution in [2.45, 2.75) is 56.7 Å². The zero-order valence-electron chi connectivity index (χ0n) is 17.9. The number of benzene rings is 1. The highest BCUT2D eigenvalue weighted by molar-refractivity contribution is 7.99. The topological polar surface area (TPSA) is 71.3 Å². The van der Waals surface area contributed by atoms with E-state index in [0.717, 1.165) is 49.0 Å². The quantitative estimate of drug-likeness (QED) is 0.569. The van der Waals surface area contributed by atoms with E-state index in [4.69, 9.17) is 16.1 Å². The second-order valence-electron chi connectivity index (χ2n) is 8.46. The van der Waals surface area contributed by atoms with Gasteiger partial charge in [-0.2, -0.15) is 16.7 Å². The van der Waals surface area contributed by atoms with Crippen LogP contribution in [0.3, 0.4) is 0 Å². The van der Waals surface area contributed by atoms with E-state index in [1.165, 1.54) is 32.1 Å². The Morgan fingerprint density at radius 2 is 1.94 bits per heavy atom. The summed E-state index contributed by atoms with van der Waals surface area (Å²) in [7, 11) is 0. The van der Waals surface area contributed by atoms with Gasteiger partial charge in [0.25, 0.3) is 0 Å². The van der Waals surface area contributed by atoms with Gasteiger partial charge in [0, 0.05) is 29.0 Å². The molecule has 8 heteroatoms. The Kier molecular flexibility index (Phi) is 8.27. The lowest BCUT2D eigenvalue weighted by molar-refractivity contribution is -0.126. The largest absolute Gasteiger partial charge is 0.355 e. The molecule has 1 aliphatic carbocycles. The van der Waals surface area contributed by atoms with Gasteiger partial charge in [-0.15, -0.1) is 0 Å². The lowest BCUT2D eigenvalue weighted by Gasteiger charge is -2.30. The fourth-order valence-corrected chi connectivity index (χ4v) is 5.83. The minimum atomic E-state index is 0.109. The molecule has 4 rings (SSSR count). The summed E-state index contributed by atoms with van der Waals surface area (Å²) >= 11 is 8.25. The van der Waals surface area contributed by atoms with Gasteiger partial charge in [0.2, 0.25) is 17.6 Å². The summed E-state index contributed by atoms with van der Waals surface area (Å²) in [5.74, 6) is 2.44. The van der Waals surface area contributed by atoms with E-state index in [2.05, 4.69) is 20.4 Å². The zero-order valence-corrected chi connectivity index (χ0v) is 19.5. The summed E-state index contributed by atoms with van der Waals surface area (Å²) in [6.45, 7) is 3.11. The van der Waals surface area contributed by atoms with Gasteiger partial charge in [-0.1, -0.05) is 48.2 Å². The molecular formula is C23H31ClN4O2S. The number of amides is 1. The Balaban J connectivity index is 1.16. The summed E-state index contributed by atoms with van der Waals surface area (Å²) in [6.07, 6.45) is 8.55. The number of hydrogen-bond donors (Lipinski definition) is 1. The molecule has 31 heavy (non-hydrogen) atoms. The molecule has 1 aromatic heterocycles. The molecule has 0 atom stereocenters. The summed E-state index contributed by atoms with van der Waals surface area (Å²) in [6, 6.07) is 7.48. The molecule has 1 aliphatic heterocycles. The molecule has 0 spiro atoms. The Morgan fingerprint density at radius 3 is 2.71 bits per heavy atom. The average molecular weight is 463 g/mol. The number of rotatable bonds is 8. The predicted molar refractivity (Wildman–Crippen MR) is 125 cm³/mol. The molecule has 2 aromatic rings. The normalized spacial score (nSPS) is 18.9. The van der Waals surface area contributed by atoms with Crippen molar-refractivity contribution in [2.24, 2.45) is 5.92 Å². The maximum atomic E-state index is 12.5. The van der Waals surface area contributed by atoms with Crippen molar-refractivity contribution < 1.29 is 9.32 Å². The van der Waals surface area contributed by atoms with Gasteiger partial charge in [0.15, 0.2) is 0 Å². The second-order valence-corrected chi connectivity index (χ2v) is 10.3. The molecule has 0 bridgehead atoms. The second kappa shape index (κ2) is 11.3. The van der Waals surface area contributed by atoms with Crippen LogP contribution >= 0.6 is 23.4 Å². The molecule has 1 N–H and O–H groups in total. The number of nitrogens with zero attached hydrogens (tertiary/aromatic N) is 3. The maximum absolute atomic E-state index is 12.5. The van der Waals surface area contributed by atoms with Crippen LogP contribution in [0.1, 0.15) is 50.8 Å². The third kappa shape index (κ3) is 6.46. The van der Waals surface area contributed by atoms with Crippen molar-refractivity contribution >= 4 is 29.3 Å². The van der Waals surface area contributed by atoms with Crippen LogP contribution in [0.15, 0.2) is 28.8 Å². The lowest BCUT2D eigenvalue weighted by atomic mass is 9.96. The molecule has 6 nitrogen and oxygen atoms in total. The van der Waals surface area contributed by atoms with E-state index in [9.17, 15) is 4.79 Å². The Bertz CT molecular complexity index is 848. The predicted octanol–water partition coefficient (Wildman–Crippen LogP) is 4.78. The van der Waals surface area contributed by atoms with Crippen molar-refractivity contribution in [3.63, 3.8) is 0 Å². The van der Waals surface area contributed by atoms with Gasteiger partial charge in [0.1, 0.15) is 0 Å². The maximum Gasteiger partial charge on any atom is 0.241 e. The van der Waals surface area contributed by atoms with Crippen molar-refractivity contribution in [1.82, 2.24) is 20.4 Å². The zero-order chi connectivity index (χ0) is 21.5. The number of likely N-dealkylation sites (tertiary alicyclic amines) is 1. The molecule has 1 aromatic carbocycles. The van der Waals surface area contributed by atoms with Gasteiger partial charge in [-0.3, -0.25) is 9.69 Å². The van der Waals surface area contributed by atoms with E-state index in [-0.39, 0.29) is 11.8 Å². The molecule has 2 heterocycles. The number of halogens is 1. The van der Waals surface area contributed by atoms with Crippen molar-refractivity contribution in [1.29, 1.82) is 0 Å². The summed E-state index contributed by atoms with van der Waals surface area (Å²) in [5, 5.41) is 8.63. The number of piperidine rings is 1. The van der Waals surface area contributed by atoms with Crippen LogP contribution < -0.4 is 5.32 Å². The third-order valence-corrected chi connectivity index (χ3v) is 7.92. The van der Waals surface area contributed by atoms with Gasteiger partial charge >= 0.3 is 0 Å². The van der Waals surface area contributed by atoms with Crippen molar-refractivity contribution in [3.8, 4) is 11.4 Å². The molecular weight excluding hydrogens is 432 g/mol. The van der Waals surface area contributed by atoms with Gasteiger partial charge < -0.3 is 9.84 Å². The highest BCUT2D eigenvalue weighted by Crippen LogP contribution is 2.28. The number of nitrogens with one attached hydrogen (secondary N) is 1. The van der Waals surface area contributed by atoms with E-state index < -0.39 is 0 Å². The molecule has 168 valence electrons. The number of hydrogen-bond acceptors (Lipinski definition) is 6. The van der Waals surface area contributed by atoms with E-state index in [1.54, 1.807) is 0 Å². The van der Waals surface area contributed by atoms with Crippen LogP contribution in [0.25, 0.3) is 11.4 Å². The molecule has 0 radical (unpaired) electrons. The fourth-order valence-electron chi connectivity index (χ4n) is 4.39. The molecule has 1 saturated carbocycles. The standard InChI is InChI=1S/C23H31ClN4O2S/c24-20-9-5-4-8-19(20)22-26-21(30-27-22)16-28-13-10-17(11-14-28)23(29)25-12-15-31-18-6-2-1-3-7-18/h4-5,8-9,17-18H,1-3,6-7,10-16H2,(H,25,29). The number of carbonyl (C=O) groups is 1. The van der Waals surface area contributed by atoms with Crippen LogP contribution in [0.2, 0.25) is 5.02 Å². The average Bonchev–Trinajstić information content (AvgIpc) is 3.26. The van der Waals surface area contributed by atoms with E-state index in [1.807, 2.05) is 36.0 Å². The third-order valence-electron chi connectivity index (χ3n) is 6.21. The van der Waals surface area contributed by atoms with E-state index >= 15 is 0 Å². The van der Waals surface area contributed by atoms with Gasteiger partial charge in [0.05, 0.1) is 11.6 Å². The molecule has 0 unspecified atom stereocenters. The Labute approximate surface area is 193 Å². The first-order valence-corrected chi connectivity index (χ1v) is 12.8. The Morgan fingerprint density at radius 1 is 1.16 bits per heavy atom. The van der Waals surface area contributed by atoms with Crippen molar-refractivity contribution in [3.05, 3.63) is 35.2 Å². The summed E-state index contributed by atoms with van der Waals surface area (Å²) in [4.78, 5) is 19.3. The van der Waals surface area contributed by atoms with E-state index in [0.29, 0.717) is 23.3 Å². The Hall–Kier alpha value is -1.57. The number of thioether (sulfide) groups is 1. The number of aromatic nitrogens is 2. The first-order valence-electron chi connectivity index (χ1n) is 11.4. The van der Waals surface area contributed by atoms with Crippen LogP contribution in [0, 0.1) is 5.92 Å².